The van der Waals surface area contributed by atoms with E-state index < -0.39 is 7.82 Å². The summed E-state index contributed by atoms with van der Waals surface area (Å²) in [6, 6.07) is 28.3. The molecule has 3 aromatic carbocycles. The van der Waals surface area contributed by atoms with Gasteiger partial charge in [0.15, 0.2) is 0 Å². The predicted molar refractivity (Wildman–Crippen MR) is 108 cm³/mol. The van der Waals surface area contributed by atoms with Crippen LogP contribution >= 0.6 is 7.82 Å². The van der Waals surface area contributed by atoms with E-state index in [4.69, 9.17) is 18.3 Å². The van der Waals surface area contributed by atoms with Crippen LogP contribution in [-0.4, -0.2) is 13.2 Å². The maximum atomic E-state index is 13.0. The highest BCUT2D eigenvalue weighted by Crippen LogP contribution is 2.50. The lowest BCUT2D eigenvalue weighted by molar-refractivity contribution is 0.0910. The van der Waals surface area contributed by atoms with Gasteiger partial charge in [0.05, 0.1) is 19.8 Å². The highest BCUT2D eigenvalue weighted by atomic mass is 31.2. The Morgan fingerprint density at radius 1 is 0.571 bits per heavy atom. The minimum absolute atomic E-state index is 0.0791. The molecule has 28 heavy (non-hydrogen) atoms. The molecule has 0 saturated carbocycles. The van der Waals surface area contributed by atoms with Crippen molar-refractivity contribution in [3.05, 3.63) is 102 Å². The zero-order valence-electron chi connectivity index (χ0n) is 15.5. The van der Waals surface area contributed by atoms with Crippen molar-refractivity contribution in [2.75, 3.05) is 13.2 Å². The number of benzene rings is 3. The smallest absolute Gasteiger partial charge is 0.475 e. The lowest BCUT2D eigenvalue weighted by atomic mass is 10.2. The highest BCUT2D eigenvalue weighted by molar-refractivity contribution is 7.48. The standard InChI is InChI=1S/C22H23O5P/c23-28(26-18-20-10-4-1-5-11-20,27-19-21-12-6-2-7-13-21)25-17-16-24-22-14-8-3-9-15-22/h1-15H,16-19H2. The van der Waals surface area contributed by atoms with Crippen molar-refractivity contribution in [1.29, 1.82) is 0 Å². The fraction of sp³-hybridized carbons (Fsp3) is 0.182. The fourth-order valence-corrected chi connectivity index (χ4v) is 3.53. The molecule has 0 N–H and O–H groups in total. The Morgan fingerprint density at radius 2 is 1.04 bits per heavy atom. The molecule has 0 radical (unpaired) electrons. The van der Waals surface area contributed by atoms with E-state index in [-0.39, 0.29) is 26.4 Å². The van der Waals surface area contributed by atoms with Gasteiger partial charge in [-0.15, -0.1) is 0 Å². The van der Waals surface area contributed by atoms with Crippen molar-refractivity contribution in [3.63, 3.8) is 0 Å². The number of hydrogen-bond donors (Lipinski definition) is 0. The number of rotatable bonds is 11. The van der Waals surface area contributed by atoms with Crippen LogP contribution in [0.3, 0.4) is 0 Å². The Hall–Kier alpha value is -2.43. The third kappa shape index (κ3) is 6.95. The topological polar surface area (TPSA) is 54.0 Å². The van der Waals surface area contributed by atoms with Crippen molar-refractivity contribution in [1.82, 2.24) is 0 Å². The normalized spacial score (nSPS) is 11.3. The highest BCUT2D eigenvalue weighted by Gasteiger charge is 2.27. The first-order chi connectivity index (χ1) is 13.7. The van der Waals surface area contributed by atoms with Crippen molar-refractivity contribution >= 4 is 7.82 Å². The second-order valence-electron chi connectivity index (χ2n) is 5.96. The summed E-state index contributed by atoms with van der Waals surface area (Å²) in [6.07, 6.45) is 0. The predicted octanol–water partition coefficient (Wildman–Crippen LogP) is 5.62. The number of para-hydroxylation sites is 1. The molecule has 0 aliphatic heterocycles. The first-order valence-corrected chi connectivity index (χ1v) is 10.5. The van der Waals surface area contributed by atoms with Gasteiger partial charge in [-0.25, -0.2) is 4.57 Å². The molecule has 0 amide bonds. The minimum atomic E-state index is -3.75. The molecule has 5 nitrogen and oxygen atoms in total. The van der Waals surface area contributed by atoms with Gasteiger partial charge in [-0.05, 0) is 23.3 Å². The third-order valence-electron chi connectivity index (χ3n) is 3.81. The van der Waals surface area contributed by atoms with Gasteiger partial charge >= 0.3 is 7.82 Å². The van der Waals surface area contributed by atoms with Crippen LogP contribution in [0.5, 0.6) is 5.75 Å². The Labute approximate surface area is 165 Å². The van der Waals surface area contributed by atoms with Gasteiger partial charge in [-0.2, -0.15) is 0 Å². The molecule has 0 saturated heterocycles. The summed E-state index contributed by atoms with van der Waals surface area (Å²) in [5.41, 5.74) is 1.77. The van der Waals surface area contributed by atoms with E-state index in [2.05, 4.69) is 0 Å². The van der Waals surface area contributed by atoms with E-state index in [0.29, 0.717) is 0 Å². The summed E-state index contributed by atoms with van der Waals surface area (Å²) in [7, 11) is -3.75. The Balaban J connectivity index is 1.55. The monoisotopic (exact) mass is 398 g/mol. The van der Waals surface area contributed by atoms with E-state index in [1.165, 1.54) is 0 Å². The largest absolute Gasteiger partial charge is 0.491 e. The molecule has 0 fully saturated rings. The van der Waals surface area contributed by atoms with Gasteiger partial charge in [0.2, 0.25) is 0 Å². The summed E-state index contributed by atoms with van der Waals surface area (Å²) >= 11 is 0. The van der Waals surface area contributed by atoms with Crippen LogP contribution in [0.4, 0.5) is 0 Å². The molecule has 3 rings (SSSR count). The Morgan fingerprint density at radius 3 is 1.54 bits per heavy atom. The van der Waals surface area contributed by atoms with E-state index in [1.54, 1.807) is 0 Å². The van der Waals surface area contributed by atoms with Crippen LogP contribution in [0.15, 0.2) is 91.0 Å². The molecular formula is C22H23O5P. The molecule has 6 heteroatoms. The Kier molecular flexibility index (Phi) is 7.82. The first kappa shape index (κ1) is 20.3. The van der Waals surface area contributed by atoms with Crippen LogP contribution in [-0.2, 0) is 31.4 Å². The second-order valence-corrected chi connectivity index (χ2v) is 7.63. The summed E-state index contributed by atoms with van der Waals surface area (Å²) < 4.78 is 35.2. The Bertz CT molecular complexity index is 808. The number of phosphoric acid groups is 1. The van der Waals surface area contributed by atoms with Gasteiger partial charge < -0.3 is 4.74 Å². The average molecular weight is 398 g/mol. The zero-order chi connectivity index (χ0) is 19.5. The van der Waals surface area contributed by atoms with Crippen molar-refractivity contribution in [2.24, 2.45) is 0 Å². The van der Waals surface area contributed by atoms with Crippen molar-refractivity contribution < 1.29 is 22.9 Å². The minimum Gasteiger partial charge on any atom is -0.491 e. The molecule has 0 aliphatic rings. The molecule has 0 aromatic heterocycles. The van der Waals surface area contributed by atoms with Gasteiger partial charge in [0.1, 0.15) is 12.4 Å². The lowest BCUT2D eigenvalue weighted by Crippen LogP contribution is -2.08. The lowest BCUT2D eigenvalue weighted by Gasteiger charge is -2.18. The maximum Gasteiger partial charge on any atom is 0.475 e. The average Bonchev–Trinajstić information content (AvgIpc) is 2.76. The van der Waals surface area contributed by atoms with Crippen molar-refractivity contribution in [2.45, 2.75) is 13.2 Å². The van der Waals surface area contributed by atoms with Crippen LogP contribution in [0.2, 0.25) is 0 Å². The number of hydrogen-bond acceptors (Lipinski definition) is 5. The summed E-state index contributed by atoms with van der Waals surface area (Å²) in [5.74, 6) is 0.719. The molecule has 146 valence electrons. The molecule has 0 spiro atoms. The summed E-state index contributed by atoms with van der Waals surface area (Å²) in [6.45, 7) is 0.575. The molecule has 0 unspecified atom stereocenters. The van der Waals surface area contributed by atoms with Crippen LogP contribution in [0.25, 0.3) is 0 Å². The second kappa shape index (κ2) is 10.8. The van der Waals surface area contributed by atoms with Gasteiger partial charge in [0.25, 0.3) is 0 Å². The SMILES string of the molecule is O=P(OCCOc1ccccc1)(OCc1ccccc1)OCc1ccccc1. The quantitative estimate of drug-likeness (QED) is 0.310. The number of phosphoric ester groups is 1. The number of ether oxygens (including phenoxy) is 1. The fourth-order valence-electron chi connectivity index (χ4n) is 2.39. The molecule has 3 aromatic rings. The van der Waals surface area contributed by atoms with Crippen LogP contribution in [0, 0.1) is 0 Å². The molecule has 0 aliphatic carbocycles. The van der Waals surface area contributed by atoms with E-state index in [9.17, 15) is 4.57 Å². The third-order valence-corrected chi connectivity index (χ3v) is 5.20. The zero-order valence-corrected chi connectivity index (χ0v) is 16.4. The molecule has 0 heterocycles. The summed E-state index contributed by atoms with van der Waals surface area (Å²) in [5, 5.41) is 0. The summed E-state index contributed by atoms with van der Waals surface area (Å²) in [4.78, 5) is 0. The first-order valence-electron chi connectivity index (χ1n) is 9.03. The van der Waals surface area contributed by atoms with Gasteiger partial charge in [0, 0.05) is 0 Å². The molecule has 0 atom stereocenters. The van der Waals surface area contributed by atoms with Crippen LogP contribution in [0.1, 0.15) is 11.1 Å². The van der Waals surface area contributed by atoms with Crippen LogP contribution < -0.4 is 4.74 Å². The van der Waals surface area contributed by atoms with E-state index >= 15 is 0 Å². The molecule has 0 bridgehead atoms. The van der Waals surface area contributed by atoms with Crippen molar-refractivity contribution in [3.8, 4) is 5.75 Å². The van der Waals surface area contributed by atoms with Gasteiger partial charge in [-0.1, -0.05) is 78.9 Å². The van der Waals surface area contributed by atoms with E-state index in [0.717, 1.165) is 16.9 Å². The molecular weight excluding hydrogens is 375 g/mol. The maximum absolute atomic E-state index is 13.0. The van der Waals surface area contributed by atoms with Gasteiger partial charge in [-0.3, -0.25) is 13.6 Å². The van der Waals surface area contributed by atoms with E-state index in [1.807, 2.05) is 91.0 Å².